The maximum absolute atomic E-state index is 11.8. The number of carbonyl (C=O) groups excluding carboxylic acids is 1. The van der Waals surface area contributed by atoms with Gasteiger partial charge in [-0.25, -0.2) is 9.31 Å². The van der Waals surface area contributed by atoms with Gasteiger partial charge in [-0.2, -0.15) is 4.98 Å². The van der Waals surface area contributed by atoms with Gasteiger partial charge < -0.3 is 9.47 Å². The molecule has 0 aliphatic carbocycles. The first-order valence-corrected chi connectivity index (χ1v) is 7.75. The number of nitrogens with zero attached hydrogens (tertiary/aromatic N) is 3. The normalized spacial score (nSPS) is 11.7. The summed E-state index contributed by atoms with van der Waals surface area (Å²) < 4.78 is 11.3. The van der Waals surface area contributed by atoms with Crippen LogP contribution < -0.4 is 0 Å². The van der Waals surface area contributed by atoms with E-state index < -0.39 is 5.97 Å². The van der Waals surface area contributed by atoms with Crippen molar-refractivity contribution >= 4 is 39.4 Å². The molecule has 3 aromatic rings. The van der Waals surface area contributed by atoms with E-state index in [1.54, 1.807) is 22.8 Å². The maximum atomic E-state index is 11.8. The summed E-state index contributed by atoms with van der Waals surface area (Å²) in [6.07, 6.45) is 3.06. The van der Waals surface area contributed by atoms with Crippen LogP contribution in [0, 0.1) is 0 Å². The molecule has 8 heteroatoms. The first-order chi connectivity index (χ1) is 11.1. The zero-order valence-electron chi connectivity index (χ0n) is 12.3. The molecule has 1 aromatic carbocycles. The summed E-state index contributed by atoms with van der Waals surface area (Å²) in [5.41, 5.74) is 1.19. The van der Waals surface area contributed by atoms with Crippen LogP contribution in [0.5, 0.6) is 0 Å². The molecular formula is C15H12ClN3O3S. The van der Waals surface area contributed by atoms with Crippen molar-refractivity contribution in [2.75, 3.05) is 14.2 Å². The molecule has 3 rings (SSSR count). The minimum atomic E-state index is -0.478. The van der Waals surface area contributed by atoms with Gasteiger partial charge >= 0.3 is 5.97 Å². The SMILES string of the molecule is CO/C=C(\C(=O)OC)c1cn2nc(-c3ccc(Cl)cc3)nc2s1. The van der Waals surface area contributed by atoms with E-state index in [2.05, 4.69) is 10.1 Å². The fourth-order valence-corrected chi connectivity index (χ4v) is 3.01. The van der Waals surface area contributed by atoms with Crippen LogP contribution in [0.4, 0.5) is 0 Å². The summed E-state index contributed by atoms with van der Waals surface area (Å²) >= 11 is 7.20. The van der Waals surface area contributed by atoms with Crippen LogP contribution in [0.3, 0.4) is 0 Å². The third-order valence-corrected chi connectivity index (χ3v) is 4.31. The van der Waals surface area contributed by atoms with Gasteiger partial charge in [0.25, 0.3) is 0 Å². The molecule has 0 spiro atoms. The van der Waals surface area contributed by atoms with Gasteiger partial charge in [0.1, 0.15) is 5.57 Å². The van der Waals surface area contributed by atoms with Gasteiger partial charge in [-0.1, -0.05) is 22.9 Å². The lowest BCUT2D eigenvalue weighted by Gasteiger charge is -2.01. The van der Waals surface area contributed by atoms with E-state index >= 15 is 0 Å². The second-order valence-electron chi connectivity index (χ2n) is 4.52. The molecule has 23 heavy (non-hydrogen) atoms. The first kappa shape index (κ1) is 15.5. The molecule has 0 bridgehead atoms. The molecule has 0 N–H and O–H groups in total. The van der Waals surface area contributed by atoms with Crippen molar-refractivity contribution in [1.29, 1.82) is 0 Å². The third kappa shape index (κ3) is 3.06. The van der Waals surface area contributed by atoms with Crippen molar-refractivity contribution in [1.82, 2.24) is 14.6 Å². The largest absolute Gasteiger partial charge is 0.503 e. The smallest absolute Gasteiger partial charge is 0.342 e. The van der Waals surface area contributed by atoms with Crippen molar-refractivity contribution < 1.29 is 14.3 Å². The monoisotopic (exact) mass is 349 g/mol. The summed E-state index contributed by atoms with van der Waals surface area (Å²) in [6.45, 7) is 0. The molecule has 0 aliphatic rings. The van der Waals surface area contributed by atoms with Crippen molar-refractivity contribution in [3.63, 3.8) is 0 Å². The number of hydrogen-bond donors (Lipinski definition) is 0. The highest BCUT2D eigenvalue weighted by atomic mass is 35.5. The Kier molecular flexibility index (Phi) is 4.31. The molecule has 0 radical (unpaired) electrons. The van der Waals surface area contributed by atoms with Gasteiger partial charge in [0.05, 0.1) is 31.6 Å². The third-order valence-electron chi connectivity index (χ3n) is 3.05. The molecule has 0 fully saturated rings. The van der Waals surface area contributed by atoms with Gasteiger partial charge in [0, 0.05) is 10.6 Å². The lowest BCUT2D eigenvalue weighted by molar-refractivity contribution is -0.133. The Hall–Kier alpha value is -2.38. The number of benzene rings is 1. The van der Waals surface area contributed by atoms with Crippen LogP contribution in [0.2, 0.25) is 5.02 Å². The van der Waals surface area contributed by atoms with E-state index in [1.807, 2.05) is 12.1 Å². The Morgan fingerprint density at radius 3 is 2.65 bits per heavy atom. The minimum absolute atomic E-state index is 0.320. The predicted molar refractivity (Wildman–Crippen MR) is 88.3 cm³/mol. The van der Waals surface area contributed by atoms with Crippen LogP contribution >= 0.6 is 22.9 Å². The van der Waals surface area contributed by atoms with Crippen LogP contribution in [0.15, 0.2) is 36.7 Å². The topological polar surface area (TPSA) is 65.7 Å². The van der Waals surface area contributed by atoms with E-state index in [1.165, 1.54) is 31.8 Å². The molecule has 0 amide bonds. The molecule has 2 heterocycles. The van der Waals surface area contributed by atoms with E-state index in [0.717, 1.165) is 5.56 Å². The van der Waals surface area contributed by atoms with Gasteiger partial charge in [-0.3, -0.25) is 0 Å². The molecule has 2 aromatic heterocycles. The van der Waals surface area contributed by atoms with E-state index in [0.29, 0.717) is 26.3 Å². The minimum Gasteiger partial charge on any atom is -0.503 e. The Morgan fingerprint density at radius 2 is 2.04 bits per heavy atom. The number of aromatic nitrogens is 3. The number of methoxy groups -OCH3 is 2. The second kappa shape index (κ2) is 6.39. The Labute approximate surface area is 140 Å². The molecular weight excluding hydrogens is 338 g/mol. The molecule has 0 aliphatic heterocycles. The van der Waals surface area contributed by atoms with Crippen LogP contribution in [-0.4, -0.2) is 34.8 Å². The Bertz CT molecular complexity index is 852. The molecule has 0 unspecified atom stereocenters. The van der Waals surface area contributed by atoms with Crippen molar-refractivity contribution in [3.8, 4) is 11.4 Å². The van der Waals surface area contributed by atoms with E-state index in [9.17, 15) is 4.79 Å². The van der Waals surface area contributed by atoms with Crippen molar-refractivity contribution in [3.05, 3.63) is 46.6 Å². The number of thiazole rings is 1. The Morgan fingerprint density at radius 1 is 1.30 bits per heavy atom. The molecule has 118 valence electrons. The quantitative estimate of drug-likeness (QED) is 0.411. The number of halogens is 1. The summed E-state index contributed by atoms with van der Waals surface area (Å²) in [5, 5.41) is 5.07. The van der Waals surface area contributed by atoms with Crippen LogP contribution in [0.1, 0.15) is 4.88 Å². The average Bonchev–Trinajstić information content (AvgIpc) is 3.11. The number of hydrogen-bond acceptors (Lipinski definition) is 6. The van der Waals surface area contributed by atoms with Crippen LogP contribution in [0.25, 0.3) is 21.9 Å². The molecule has 0 atom stereocenters. The van der Waals surface area contributed by atoms with Gasteiger partial charge in [-0.15, -0.1) is 5.10 Å². The van der Waals surface area contributed by atoms with Crippen molar-refractivity contribution in [2.24, 2.45) is 0 Å². The number of carbonyl (C=O) groups is 1. The van der Waals surface area contributed by atoms with Gasteiger partial charge in [-0.05, 0) is 24.3 Å². The zero-order valence-corrected chi connectivity index (χ0v) is 13.9. The highest BCUT2D eigenvalue weighted by molar-refractivity contribution is 7.18. The summed E-state index contributed by atoms with van der Waals surface area (Å²) in [7, 11) is 2.79. The summed E-state index contributed by atoms with van der Waals surface area (Å²) in [5.74, 6) is 0.115. The Balaban J connectivity index is 1.98. The fourth-order valence-electron chi connectivity index (χ4n) is 1.98. The van der Waals surface area contributed by atoms with Crippen molar-refractivity contribution in [2.45, 2.75) is 0 Å². The highest BCUT2D eigenvalue weighted by Crippen LogP contribution is 2.27. The van der Waals surface area contributed by atoms with Gasteiger partial charge in [0.2, 0.25) is 4.96 Å². The standard InChI is InChI=1S/C15H12ClN3O3S/c1-21-8-11(14(20)22-2)12-7-19-15(23-12)17-13(18-19)9-3-5-10(16)6-4-9/h3-8H,1-2H3/b11-8-. The summed E-state index contributed by atoms with van der Waals surface area (Å²) in [4.78, 5) is 17.6. The fraction of sp³-hybridized carbons (Fsp3) is 0.133. The number of esters is 1. The number of ether oxygens (including phenoxy) is 2. The summed E-state index contributed by atoms with van der Waals surface area (Å²) in [6, 6.07) is 7.28. The molecule has 0 saturated heterocycles. The second-order valence-corrected chi connectivity index (χ2v) is 5.97. The highest BCUT2D eigenvalue weighted by Gasteiger charge is 2.18. The van der Waals surface area contributed by atoms with Gasteiger partial charge in [0.15, 0.2) is 5.82 Å². The zero-order chi connectivity index (χ0) is 16.4. The predicted octanol–water partition coefficient (Wildman–Crippen LogP) is 3.27. The molecule has 0 saturated carbocycles. The van der Waals surface area contributed by atoms with E-state index in [4.69, 9.17) is 21.1 Å². The number of rotatable bonds is 4. The maximum Gasteiger partial charge on any atom is 0.342 e. The first-order valence-electron chi connectivity index (χ1n) is 6.56. The lowest BCUT2D eigenvalue weighted by Crippen LogP contribution is -2.03. The molecule has 6 nitrogen and oxygen atoms in total. The van der Waals surface area contributed by atoms with Crippen LogP contribution in [-0.2, 0) is 14.3 Å². The van der Waals surface area contributed by atoms with E-state index in [-0.39, 0.29) is 0 Å². The number of fused-ring (bicyclic) bond motifs is 1. The average molecular weight is 350 g/mol. The lowest BCUT2D eigenvalue weighted by atomic mass is 10.2.